The molecule has 0 radical (unpaired) electrons. The summed E-state index contributed by atoms with van der Waals surface area (Å²) in [6.07, 6.45) is 0. The van der Waals surface area contributed by atoms with E-state index < -0.39 is 0 Å². The number of nitrogens with two attached hydrogens (primary N) is 1. The molecule has 0 saturated carbocycles. The molecule has 1 aromatic heterocycles. The molecule has 2 rings (SSSR count). The third kappa shape index (κ3) is 3.50. The fourth-order valence-electron chi connectivity index (χ4n) is 2.00. The van der Waals surface area contributed by atoms with Gasteiger partial charge in [-0.05, 0) is 17.9 Å². The van der Waals surface area contributed by atoms with Crippen LogP contribution in [0.4, 0.5) is 0 Å². The third-order valence-corrected chi connectivity index (χ3v) is 4.68. The standard InChI is InChI=1S/C16H22N4OS/c1-10(13(17)21)22-15-19-18-14(20(15)5)11-6-8-12(9-7-11)16(2,3)4/h6-10H,1-5H3,(H2,17,21)/t10-/m1/s1. The number of nitrogens with zero attached hydrogens (tertiary/aromatic N) is 3. The number of primary amides is 1. The molecule has 0 aliphatic rings. The minimum Gasteiger partial charge on any atom is -0.369 e. The molecule has 0 aliphatic heterocycles. The highest BCUT2D eigenvalue weighted by molar-refractivity contribution is 8.00. The Bertz CT molecular complexity index is 670. The molecule has 0 bridgehead atoms. The van der Waals surface area contributed by atoms with Gasteiger partial charge in [-0.1, -0.05) is 56.8 Å². The molecule has 0 unspecified atom stereocenters. The van der Waals surface area contributed by atoms with Crippen molar-refractivity contribution in [3.8, 4) is 11.4 Å². The van der Waals surface area contributed by atoms with Crippen molar-refractivity contribution in [1.82, 2.24) is 14.8 Å². The first-order chi connectivity index (χ1) is 10.2. The Labute approximate surface area is 135 Å². The molecule has 6 heteroatoms. The van der Waals surface area contributed by atoms with E-state index in [0.29, 0.717) is 5.16 Å². The van der Waals surface area contributed by atoms with Gasteiger partial charge < -0.3 is 10.3 Å². The van der Waals surface area contributed by atoms with Crippen molar-refractivity contribution in [3.63, 3.8) is 0 Å². The lowest BCUT2D eigenvalue weighted by Gasteiger charge is -2.19. The van der Waals surface area contributed by atoms with Crippen LogP contribution in [0.25, 0.3) is 11.4 Å². The lowest BCUT2D eigenvalue weighted by molar-refractivity contribution is -0.117. The van der Waals surface area contributed by atoms with E-state index >= 15 is 0 Å². The van der Waals surface area contributed by atoms with Gasteiger partial charge in [-0.15, -0.1) is 10.2 Å². The van der Waals surface area contributed by atoms with Crippen LogP contribution >= 0.6 is 11.8 Å². The number of hydrogen-bond donors (Lipinski definition) is 1. The lowest BCUT2D eigenvalue weighted by Crippen LogP contribution is -2.22. The Morgan fingerprint density at radius 3 is 2.32 bits per heavy atom. The van der Waals surface area contributed by atoms with Crippen LogP contribution in [0.5, 0.6) is 0 Å². The molecule has 0 fully saturated rings. The molecule has 1 aromatic carbocycles. The molecule has 0 saturated heterocycles. The number of carbonyl (C=O) groups excluding carboxylic acids is 1. The first kappa shape index (κ1) is 16.5. The maximum Gasteiger partial charge on any atom is 0.230 e. The Balaban J connectivity index is 2.27. The highest BCUT2D eigenvalue weighted by Crippen LogP contribution is 2.28. The largest absolute Gasteiger partial charge is 0.369 e. The monoisotopic (exact) mass is 318 g/mol. The van der Waals surface area contributed by atoms with Crippen molar-refractivity contribution in [2.24, 2.45) is 12.8 Å². The summed E-state index contributed by atoms with van der Waals surface area (Å²) in [5.41, 5.74) is 7.69. The minimum atomic E-state index is -0.357. The second-order valence-corrected chi connectivity index (χ2v) is 7.66. The number of benzene rings is 1. The Kier molecular flexibility index (Phi) is 4.60. The predicted octanol–water partition coefficient (Wildman–Crippen LogP) is 2.75. The van der Waals surface area contributed by atoms with Gasteiger partial charge in [-0.2, -0.15) is 0 Å². The van der Waals surface area contributed by atoms with Crippen LogP contribution in [0.15, 0.2) is 29.4 Å². The maximum atomic E-state index is 11.2. The first-order valence-corrected chi connectivity index (χ1v) is 8.04. The van der Waals surface area contributed by atoms with E-state index in [1.807, 2.05) is 11.6 Å². The fraction of sp³-hybridized carbons (Fsp3) is 0.438. The van der Waals surface area contributed by atoms with Gasteiger partial charge >= 0.3 is 0 Å². The second kappa shape index (κ2) is 6.12. The van der Waals surface area contributed by atoms with Crippen LogP contribution in [0.2, 0.25) is 0 Å². The topological polar surface area (TPSA) is 73.8 Å². The summed E-state index contributed by atoms with van der Waals surface area (Å²) in [6.45, 7) is 8.32. The highest BCUT2D eigenvalue weighted by atomic mass is 32.2. The van der Waals surface area contributed by atoms with E-state index in [4.69, 9.17) is 5.73 Å². The minimum absolute atomic E-state index is 0.121. The summed E-state index contributed by atoms with van der Waals surface area (Å²) >= 11 is 1.32. The molecule has 0 aliphatic carbocycles. The maximum absolute atomic E-state index is 11.2. The van der Waals surface area contributed by atoms with Gasteiger partial charge in [0.2, 0.25) is 5.91 Å². The summed E-state index contributed by atoms with van der Waals surface area (Å²) in [5.74, 6) is 0.420. The van der Waals surface area contributed by atoms with E-state index in [-0.39, 0.29) is 16.6 Å². The molecule has 5 nitrogen and oxygen atoms in total. The number of carbonyl (C=O) groups is 1. The highest BCUT2D eigenvalue weighted by Gasteiger charge is 2.18. The molecule has 2 N–H and O–H groups in total. The predicted molar refractivity (Wildman–Crippen MR) is 89.7 cm³/mol. The quantitative estimate of drug-likeness (QED) is 0.880. The van der Waals surface area contributed by atoms with Gasteiger partial charge in [-0.25, -0.2) is 0 Å². The average molecular weight is 318 g/mol. The van der Waals surface area contributed by atoms with Crippen molar-refractivity contribution in [3.05, 3.63) is 29.8 Å². The van der Waals surface area contributed by atoms with E-state index in [1.165, 1.54) is 17.3 Å². The molecule has 1 atom stereocenters. The summed E-state index contributed by atoms with van der Waals surface area (Å²) in [5, 5.41) is 8.73. The Hall–Kier alpha value is -1.82. The van der Waals surface area contributed by atoms with Gasteiger partial charge in [0.05, 0.1) is 5.25 Å². The number of rotatable bonds is 4. The zero-order valence-electron chi connectivity index (χ0n) is 13.6. The fourth-order valence-corrected chi connectivity index (χ4v) is 2.77. The SMILES string of the molecule is C[C@@H](Sc1nnc(-c2ccc(C(C)(C)C)cc2)n1C)C(N)=O. The Morgan fingerprint density at radius 1 is 1.23 bits per heavy atom. The van der Waals surface area contributed by atoms with Crippen molar-refractivity contribution >= 4 is 17.7 Å². The van der Waals surface area contributed by atoms with Gasteiger partial charge in [0.15, 0.2) is 11.0 Å². The van der Waals surface area contributed by atoms with Crippen LogP contribution in [0, 0.1) is 0 Å². The van der Waals surface area contributed by atoms with Crippen LogP contribution in [0.3, 0.4) is 0 Å². The lowest BCUT2D eigenvalue weighted by atomic mass is 9.87. The molecular weight excluding hydrogens is 296 g/mol. The molecule has 22 heavy (non-hydrogen) atoms. The smallest absolute Gasteiger partial charge is 0.230 e. The zero-order chi connectivity index (χ0) is 16.5. The first-order valence-electron chi connectivity index (χ1n) is 7.16. The summed E-state index contributed by atoms with van der Waals surface area (Å²) < 4.78 is 1.89. The van der Waals surface area contributed by atoms with Crippen LogP contribution in [-0.2, 0) is 17.3 Å². The number of thioether (sulfide) groups is 1. The van der Waals surface area contributed by atoms with Gasteiger partial charge in [0, 0.05) is 12.6 Å². The molecule has 0 spiro atoms. The summed E-state index contributed by atoms with van der Waals surface area (Å²) in [7, 11) is 1.89. The van der Waals surface area contributed by atoms with Gasteiger partial charge in [0.1, 0.15) is 0 Å². The second-order valence-electron chi connectivity index (χ2n) is 6.35. The number of hydrogen-bond acceptors (Lipinski definition) is 4. The number of amides is 1. The summed E-state index contributed by atoms with van der Waals surface area (Å²) in [4.78, 5) is 11.2. The zero-order valence-corrected chi connectivity index (χ0v) is 14.4. The van der Waals surface area contributed by atoms with Crippen molar-refractivity contribution in [1.29, 1.82) is 0 Å². The molecule has 2 aromatic rings. The summed E-state index contributed by atoms with van der Waals surface area (Å²) in [6, 6.07) is 8.33. The van der Waals surface area contributed by atoms with E-state index in [2.05, 4.69) is 55.2 Å². The van der Waals surface area contributed by atoms with Crippen molar-refractivity contribution < 1.29 is 4.79 Å². The average Bonchev–Trinajstić information content (AvgIpc) is 2.79. The van der Waals surface area contributed by atoms with Crippen LogP contribution in [-0.4, -0.2) is 25.9 Å². The molecule has 1 amide bonds. The molecule has 1 heterocycles. The molecule has 118 valence electrons. The normalized spacial score (nSPS) is 13.1. The van der Waals surface area contributed by atoms with E-state index in [9.17, 15) is 4.79 Å². The van der Waals surface area contributed by atoms with Crippen molar-refractivity contribution in [2.75, 3.05) is 0 Å². The number of aromatic nitrogens is 3. The Morgan fingerprint density at radius 2 is 1.82 bits per heavy atom. The van der Waals surface area contributed by atoms with Crippen molar-refractivity contribution in [2.45, 2.75) is 43.5 Å². The van der Waals surface area contributed by atoms with Gasteiger partial charge in [-0.3, -0.25) is 4.79 Å². The van der Waals surface area contributed by atoms with E-state index in [1.54, 1.807) is 6.92 Å². The van der Waals surface area contributed by atoms with Gasteiger partial charge in [0.25, 0.3) is 0 Å². The van der Waals surface area contributed by atoms with E-state index in [0.717, 1.165) is 11.4 Å². The molecular formula is C16H22N4OS. The van der Waals surface area contributed by atoms with Crippen LogP contribution in [0.1, 0.15) is 33.3 Å². The van der Waals surface area contributed by atoms with Crippen LogP contribution < -0.4 is 5.73 Å². The third-order valence-electron chi connectivity index (χ3n) is 3.53.